The summed E-state index contributed by atoms with van der Waals surface area (Å²) in [6.07, 6.45) is 2.58. The molecule has 7 heteroatoms. The first-order valence-corrected chi connectivity index (χ1v) is 6.60. The van der Waals surface area contributed by atoms with Crippen LogP contribution in [0.4, 0.5) is 0 Å². The molecule has 108 valence electrons. The molecule has 0 radical (unpaired) electrons. The van der Waals surface area contributed by atoms with E-state index in [9.17, 15) is 19.2 Å². The van der Waals surface area contributed by atoms with E-state index in [2.05, 4.69) is 10.6 Å². The molecule has 7 nitrogen and oxygen atoms in total. The second-order valence-corrected chi connectivity index (χ2v) is 4.90. The van der Waals surface area contributed by atoms with Gasteiger partial charge in [-0.25, -0.2) is 0 Å². The van der Waals surface area contributed by atoms with Crippen LogP contribution in [0.1, 0.15) is 19.8 Å². The van der Waals surface area contributed by atoms with Crippen molar-refractivity contribution in [3.8, 4) is 0 Å². The highest BCUT2D eigenvalue weighted by atomic mass is 16.2. The Kier molecular flexibility index (Phi) is 4.16. The first-order valence-electron chi connectivity index (χ1n) is 6.60. The minimum Gasteiger partial charge on any atom is -0.355 e. The molecule has 1 fully saturated rings. The van der Waals surface area contributed by atoms with E-state index >= 15 is 0 Å². The van der Waals surface area contributed by atoms with Crippen LogP contribution < -0.4 is 10.6 Å². The number of hydrogen-bond acceptors (Lipinski definition) is 4. The summed E-state index contributed by atoms with van der Waals surface area (Å²) in [5.41, 5.74) is 0.396. The summed E-state index contributed by atoms with van der Waals surface area (Å²) < 4.78 is 0. The van der Waals surface area contributed by atoms with Gasteiger partial charge in [-0.15, -0.1) is 0 Å². The fraction of sp³-hybridized carbons (Fsp3) is 0.538. The van der Waals surface area contributed by atoms with Crippen LogP contribution in [-0.4, -0.2) is 48.2 Å². The highest BCUT2D eigenvalue weighted by Gasteiger charge is 2.30. The Morgan fingerprint density at radius 3 is 2.80 bits per heavy atom. The van der Waals surface area contributed by atoms with Gasteiger partial charge in [-0.1, -0.05) is 0 Å². The Hall–Kier alpha value is -2.18. The van der Waals surface area contributed by atoms with Crippen molar-refractivity contribution >= 4 is 23.6 Å². The lowest BCUT2D eigenvalue weighted by atomic mass is 9.98. The monoisotopic (exact) mass is 279 g/mol. The van der Waals surface area contributed by atoms with E-state index in [0.717, 1.165) is 11.3 Å². The van der Waals surface area contributed by atoms with Crippen LogP contribution in [-0.2, 0) is 19.2 Å². The Morgan fingerprint density at radius 2 is 2.20 bits per heavy atom. The Bertz CT molecular complexity index is 498. The largest absolute Gasteiger partial charge is 0.355 e. The first kappa shape index (κ1) is 14.2. The Labute approximate surface area is 116 Å². The SMILES string of the molecule is CC1=CC(=O)N(CCNC(=O)[C@H]2CCCNC2=O)C1=O. The topological polar surface area (TPSA) is 95.6 Å². The van der Waals surface area contributed by atoms with Gasteiger partial charge in [-0.2, -0.15) is 0 Å². The quantitative estimate of drug-likeness (QED) is 0.507. The summed E-state index contributed by atoms with van der Waals surface area (Å²) in [7, 11) is 0. The molecule has 0 bridgehead atoms. The van der Waals surface area contributed by atoms with E-state index in [1.54, 1.807) is 6.92 Å². The maximum atomic E-state index is 11.8. The van der Waals surface area contributed by atoms with Crippen molar-refractivity contribution in [1.82, 2.24) is 15.5 Å². The van der Waals surface area contributed by atoms with Crippen molar-refractivity contribution in [2.45, 2.75) is 19.8 Å². The molecule has 1 atom stereocenters. The molecule has 2 heterocycles. The van der Waals surface area contributed by atoms with Crippen molar-refractivity contribution < 1.29 is 19.2 Å². The lowest BCUT2D eigenvalue weighted by Gasteiger charge is -2.21. The van der Waals surface area contributed by atoms with Crippen LogP contribution in [0, 0.1) is 5.92 Å². The van der Waals surface area contributed by atoms with Crippen LogP contribution in [0.25, 0.3) is 0 Å². The van der Waals surface area contributed by atoms with Crippen molar-refractivity contribution in [3.05, 3.63) is 11.6 Å². The second-order valence-electron chi connectivity index (χ2n) is 4.90. The number of imide groups is 1. The van der Waals surface area contributed by atoms with E-state index in [1.165, 1.54) is 6.08 Å². The summed E-state index contributed by atoms with van der Waals surface area (Å²) in [6, 6.07) is 0. The Morgan fingerprint density at radius 1 is 1.45 bits per heavy atom. The molecule has 0 unspecified atom stereocenters. The number of carbonyl (C=O) groups is 4. The molecule has 2 aliphatic rings. The van der Waals surface area contributed by atoms with Crippen LogP contribution in [0.3, 0.4) is 0 Å². The zero-order valence-electron chi connectivity index (χ0n) is 11.3. The molecule has 1 saturated heterocycles. The van der Waals surface area contributed by atoms with Gasteiger partial charge in [0.2, 0.25) is 11.8 Å². The molecule has 0 aromatic carbocycles. The number of rotatable bonds is 4. The third-order valence-electron chi connectivity index (χ3n) is 3.42. The van der Waals surface area contributed by atoms with E-state index in [4.69, 9.17) is 0 Å². The number of piperidine rings is 1. The fourth-order valence-electron chi connectivity index (χ4n) is 2.29. The summed E-state index contributed by atoms with van der Waals surface area (Å²) in [5.74, 6) is -1.99. The van der Waals surface area contributed by atoms with E-state index in [0.29, 0.717) is 18.5 Å². The Balaban J connectivity index is 1.79. The maximum Gasteiger partial charge on any atom is 0.256 e. The molecule has 2 N–H and O–H groups in total. The summed E-state index contributed by atoms with van der Waals surface area (Å²) in [6.45, 7) is 2.45. The minimum absolute atomic E-state index is 0.117. The normalized spacial score (nSPS) is 22.6. The van der Waals surface area contributed by atoms with Gasteiger partial charge in [0.25, 0.3) is 11.8 Å². The average Bonchev–Trinajstić information content (AvgIpc) is 2.65. The second kappa shape index (κ2) is 5.85. The summed E-state index contributed by atoms with van der Waals surface area (Å²) in [4.78, 5) is 47.5. The number of carbonyl (C=O) groups excluding carboxylic acids is 4. The van der Waals surface area contributed by atoms with Crippen molar-refractivity contribution in [2.24, 2.45) is 5.92 Å². The molecule has 0 aromatic rings. The van der Waals surface area contributed by atoms with Gasteiger partial charge in [0.05, 0.1) is 0 Å². The lowest BCUT2D eigenvalue weighted by Crippen LogP contribution is -2.47. The van der Waals surface area contributed by atoms with E-state index in [1.807, 2.05) is 0 Å². The number of nitrogens with zero attached hydrogens (tertiary/aromatic N) is 1. The third kappa shape index (κ3) is 2.87. The van der Waals surface area contributed by atoms with Crippen molar-refractivity contribution in [2.75, 3.05) is 19.6 Å². The number of amides is 4. The predicted octanol–water partition coefficient (Wildman–Crippen LogP) is -1.06. The minimum atomic E-state index is -0.673. The molecule has 2 rings (SSSR count). The first-order chi connectivity index (χ1) is 9.50. The van der Waals surface area contributed by atoms with Crippen LogP contribution in [0.5, 0.6) is 0 Å². The third-order valence-corrected chi connectivity index (χ3v) is 3.42. The fourth-order valence-corrected chi connectivity index (χ4v) is 2.29. The van der Waals surface area contributed by atoms with Gasteiger partial charge in [-0.05, 0) is 19.8 Å². The van der Waals surface area contributed by atoms with Gasteiger partial charge in [0.15, 0.2) is 0 Å². The van der Waals surface area contributed by atoms with Crippen LogP contribution in [0.15, 0.2) is 11.6 Å². The van der Waals surface area contributed by atoms with Gasteiger partial charge in [-0.3, -0.25) is 24.1 Å². The highest BCUT2D eigenvalue weighted by molar-refractivity contribution is 6.15. The summed E-state index contributed by atoms with van der Waals surface area (Å²) >= 11 is 0. The number of nitrogens with one attached hydrogen (secondary N) is 2. The van der Waals surface area contributed by atoms with E-state index < -0.39 is 5.92 Å². The molecule has 0 aromatic heterocycles. The van der Waals surface area contributed by atoms with Gasteiger partial charge < -0.3 is 10.6 Å². The lowest BCUT2D eigenvalue weighted by molar-refractivity contribution is -0.140. The van der Waals surface area contributed by atoms with Crippen molar-refractivity contribution in [3.63, 3.8) is 0 Å². The predicted molar refractivity (Wildman–Crippen MR) is 69.2 cm³/mol. The maximum absolute atomic E-state index is 11.8. The standard InChI is InChI=1S/C13H17N3O4/c1-8-7-10(17)16(13(8)20)6-5-15-12(19)9-3-2-4-14-11(9)18/h7,9H,2-6H2,1H3,(H,14,18)(H,15,19)/t9-/m0/s1. The van der Waals surface area contributed by atoms with Crippen LogP contribution >= 0.6 is 0 Å². The van der Waals surface area contributed by atoms with Crippen molar-refractivity contribution in [1.29, 1.82) is 0 Å². The summed E-state index contributed by atoms with van der Waals surface area (Å²) in [5, 5.41) is 5.23. The molecule has 2 aliphatic heterocycles. The van der Waals surface area contributed by atoms with Gasteiger partial charge in [0, 0.05) is 31.3 Å². The molecule has 4 amide bonds. The molecule has 0 spiro atoms. The van der Waals surface area contributed by atoms with Crippen LogP contribution in [0.2, 0.25) is 0 Å². The zero-order chi connectivity index (χ0) is 14.7. The molecular formula is C13H17N3O4. The molecular weight excluding hydrogens is 262 g/mol. The van der Waals surface area contributed by atoms with Gasteiger partial charge in [0.1, 0.15) is 5.92 Å². The molecule has 0 aliphatic carbocycles. The average molecular weight is 279 g/mol. The molecule has 0 saturated carbocycles. The van der Waals surface area contributed by atoms with Gasteiger partial charge >= 0.3 is 0 Å². The number of hydrogen-bond donors (Lipinski definition) is 2. The van der Waals surface area contributed by atoms with E-state index in [-0.39, 0.29) is 36.7 Å². The highest BCUT2D eigenvalue weighted by Crippen LogP contribution is 2.12. The molecule has 20 heavy (non-hydrogen) atoms. The zero-order valence-corrected chi connectivity index (χ0v) is 11.3. The smallest absolute Gasteiger partial charge is 0.256 e.